The Morgan fingerprint density at radius 1 is 1.15 bits per heavy atom. The number of benzene rings is 1. The van der Waals surface area contributed by atoms with Gasteiger partial charge in [0.1, 0.15) is 0 Å². The van der Waals surface area contributed by atoms with E-state index in [1.807, 2.05) is 0 Å². The van der Waals surface area contributed by atoms with Gasteiger partial charge in [0.15, 0.2) is 0 Å². The fraction of sp³-hybridized carbons (Fsp3) is 0.667. The minimum Gasteiger partial charge on any atom is -0.312 e. The second-order valence-corrected chi connectivity index (χ2v) is 6.42. The molecular formula is C18H30N2. The van der Waals surface area contributed by atoms with Crippen LogP contribution in [0.2, 0.25) is 0 Å². The van der Waals surface area contributed by atoms with Crippen LogP contribution in [-0.2, 0) is 0 Å². The summed E-state index contributed by atoms with van der Waals surface area (Å²) in [6.45, 7) is 5.49. The summed E-state index contributed by atoms with van der Waals surface area (Å²) >= 11 is 0. The van der Waals surface area contributed by atoms with E-state index in [0.717, 1.165) is 12.6 Å². The van der Waals surface area contributed by atoms with Crippen molar-refractivity contribution in [3.63, 3.8) is 0 Å². The maximum absolute atomic E-state index is 3.49. The highest BCUT2D eigenvalue weighted by Crippen LogP contribution is 2.24. The van der Waals surface area contributed by atoms with E-state index in [2.05, 4.69) is 56.4 Å². The molecular weight excluding hydrogens is 244 g/mol. The maximum Gasteiger partial charge on any atom is 0.0446 e. The van der Waals surface area contributed by atoms with Crippen LogP contribution in [0.4, 0.5) is 0 Å². The zero-order chi connectivity index (χ0) is 14.5. The van der Waals surface area contributed by atoms with Crippen LogP contribution in [0.25, 0.3) is 0 Å². The Morgan fingerprint density at radius 3 is 2.45 bits per heavy atom. The summed E-state index contributed by atoms with van der Waals surface area (Å²) in [4.78, 5) is 2.56. The van der Waals surface area contributed by atoms with Crippen molar-refractivity contribution in [1.29, 1.82) is 0 Å². The van der Waals surface area contributed by atoms with Crippen LogP contribution in [0, 0.1) is 13.8 Å². The average molecular weight is 274 g/mol. The summed E-state index contributed by atoms with van der Waals surface area (Å²) in [5, 5.41) is 3.49. The molecule has 2 rings (SSSR count). The van der Waals surface area contributed by atoms with E-state index in [4.69, 9.17) is 0 Å². The molecule has 20 heavy (non-hydrogen) atoms. The van der Waals surface area contributed by atoms with E-state index in [0.29, 0.717) is 6.04 Å². The van der Waals surface area contributed by atoms with Crippen LogP contribution >= 0.6 is 0 Å². The Kier molecular flexibility index (Phi) is 5.62. The summed E-state index contributed by atoms with van der Waals surface area (Å²) in [6, 6.07) is 8.08. The van der Waals surface area contributed by atoms with Gasteiger partial charge in [0, 0.05) is 18.6 Å². The van der Waals surface area contributed by atoms with Crippen molar-refractivity contribution < 1.29 is 0 Å². The zero-order valence-electron chi connectivity index (χ0n) is 13.6. The van der Waals surface area contributed by atoms with E-state index < -0.39 is 0 Å². The lowest BCUT2D eigenvalue weighted by molar-refractivity contribution is 0.176. The van der Waals surface area contributed by atoms with Crippen LogP contribution in [0.1, 0.15) is 54.8 Å². The van der Waals surface area contributed by atoms with Crippen molar-refractivity contribution in [3.05, 3.63) is 34.9 Å². The van der Waals surface area contributed by atoms with Gasteiger partial charge in [-0.1, -0.05) is 37.5 Å². The number of nitrogens with one attached hydrogen (secondary N) is 1. The van der Waals surface area contributed by atoms with Gasteiger partial charge in [0.25, 0.3) is 0 Å². The lowest BCUT2D eigenvalue weighted by Crippen LogP contribution is -2.39. The summed E-state index contributed by atoms with van der Waals surface area (Å²) in [6.07, 6.45) is 6.99. The van der Waals surface area contributed by atoms with Crippen molar-refractivity contribution in [1.82, 2.24) is 10.2 Å². The molecule has 0 heterocycles. The molecule has 1 aromatic rings. The highest BCUT2D eigenvalue weighted by atomic mass is 15.1. The third kappa shape index (κ3) is 3.83. The monoisotopic (exact) mass is 274 g/mol. The molecule has 0 saturated heterocycles. The molecule has 1 atom stereocenters. The summed E-state index contributed by atoms with van der Waals surface area (Å²) in [5.41, 5.74) is 4.19. The minimum atomic E-state index is 0.432. The van der Waals surface area contributed by atoms with E-state index >= 15 is 0 Å². The predicted molar refractivity (Wildman–Crippen MR) is 87.2 cm³/mol. The van der Waals surface area contributed by atoms with Gasteiger partial charge in [-0.3, -0.25) is 0 Å². The van der Waals surface area contributed by atoms with Gasteiger partial charge in [0.05, 0.1) is 0 Å². The lowest BCUT2D eigenvalue weighted by Gasteiger charge is -2.34. The van der Waals surface area contributed by atoms with E-state index in [-0.39, 0.29) is 0 Å². The van der Waals surface area contributed by atoms with E-state index in [1.165, 1.54) is 48.8 Å². The Morgan fingerprint density at radius 2 is 1.85 bits per heavy atom. The van der Waals surface area contributed by atoms with Crippen LogP contribution in [-0.4, -0.2) is 31.6 Å². The minimum absolute atomic E-state index is 0.432. The highest BCUT2D eigenvalue weighted by Gasteiger charge is 2.21. The van der Waals surface area contributed by atoms with Crippen LogP contribution in [0.5, 0.6) is 0 Å². The van der Waals surface area contributed by atoms with Crippen molar-refractivity contribution in [3.8, 4) is 0 Å². The molecule has 0 radical (unpaired) electrons. The van der Waals surface area contributed by atoms with Crippen LogP contribution < -0.4 is 5.32 Å². The molecule has 1 aliphatic rings. The van der Waals surface area contributed by atoms with Crippen molar-refractivity contribution in [2.45, 2.75) is 58.0 Å². The Labute approximate surface area is 124 Å². The molecule has 1 saturated carbocycles. The fourth-order valence-electron chi connectivity index (χ4n) is 3.30. The summed E-state index contributed by atoms with van der Waals surface area (Å²) < 4.78 is 0. The molecule has 0 aromatic heterocycles. The standard InChI is InChI=1S/C18H30N2/c1-14-10-11-16(12-15(14)2)18(19-3)13-20(4)17-8-6-5-7-9-17/h10-12,17-19H,5-9,13H2,1-4H3. The number of hydrogen-bond donors (Lipinski definition) is 1. The van der Waals surface area contributed by atoms with E-state index in [9.17, 15) is 0 Å². The number of rotatable bonds is 5. The molecule has 2 heteroatoms. The van der Waals surface area contributed by atoms with Gasteiger partial charge in [-0.2, -0.15) is 0 Å². The predicted octanol–water partition coefficient (Wildman–Crippen LogP) is 3.83. The molecule has 0 bridgehead atoms. The van der Waals surface area contributed by atoms with Gasteiger partial charge in [-0.05, 0) is 57.5 Å². The lowest BCUT2D eigenvalue weighted by atomic mass is 9.93. The largest absolute Gasteiger partial charge is 0.312 e. The topological polar surface area (TPSA) is 15.3 Å². The molecule has 0 amide bonds. The van der Waals surface area contributed by atoms with E-state index in [1.54, 1.807) is 0 Å². The SMILES string of the molecule is CNC(CN(C)C1CCCCC1)c1ccc(C)c(C)c1. The van der Waals surface area contributed by atoms with Crippen molar-refractivity contribution >= 4 is 0 Å². The fourth-order valence-corrected chi connectivity index (χ4v) is 3.30. The highest BCUT2D eigenvalue weighted by molar-refractivity contribution is 5.31. The Hall–Kier alpha value is -0.860. The molecule has 1 aromatic carbocycles. The second-order valence-electron chi connectivity index (χ2n) is 6.42. The zero-order valence-corrected chi connectivity index (χ0v) is 13.6. The quantitative estimate of drug-likeness (QED) is 0.878. The van der Waals surface area contributed by atoms with Gasteiger partial charge < -0.3 is 10.2 Å². The second kappa shape index (κ2) is 7.24. The van der Waals surface area contributed by atoms with Crippen molar-refractivity contribution in [2.75, 3.05) is 20.6 Å². The Balaban J connectivity index is 2.02. The normalized spacial score (nSPS) is 18.4. The first kappa shape index (κ1) is 15.5. The van der Waals surface area contributed by atoms with Gasteiger partial charge in [-0.25, -0.2) is 0 Å². The number of likely N-dealkylation sites (N-methyl/N-ethyl adjacent to an activating group) is 2. The molecule has 1 N–H and O–H groups in total. The molecule has 0 aliphatic heterocycles. The third-order valence-electron chi connectivity index (χ3n) is 4.95. The molecule has 112 valence electrons. The van der Waals surface area contributed by atoms with Gasteiger partial charge in [-0.15, -0.1) is 0 Å². The number of hydrogen-bond acceptors (Lipinski definition) is 2. The molecule has 0 spiro atoms. The van der Waals surface area contributed by atoms with Crippen LogP contribution in [0.15, 0.2) is 18.2 Å². The number of nitrogens with zero attached hydrogens (tertiary/aromatic N) is 1. The first-order chi connectivity index (χ1) is 9.61. The van der Waals surface area contributed by atoms with Crippen molar-refractivity contribution in [2.24, 2.45) is 0 Å². The maximum atomic E-state index is 3.49. The Bertz CT molecular complexity index is 421. The summed E-state index contributed by atoms with van der Waals surface area (Å²) in [5.74, 6) is 0. The molecule has 1 fully saturated rings. The van der Waals surface area contributed by atoms with Crippen LogP contribution in [0.3, 0.4) is 0 Å². The molecule has 1 unspecified atom stereocenters. The van der Waals surface area contributed by atoms with Gasteiger partial charge >= 0.3 is 0 Å². The first-order valence-corrected chi connectivity index (χ1v) is 8.06. The molecule has 2 nitrogen and oxygen atoms in total. The molecule has 1 aliphatic carbocycles. The average Bonchev–Trinajstić information content (AvgIpc) is 2.48. The third-order valence-corrected chi connectivity index (χ3v) is 4.95. The van der Waals surface area contributed by atoms with Gasteiger partial charge in [0.2, 0.25) is 0 Å². The first-order valence-electron chi connectivity index (χ1n) is 8.06. The smallest absolute Gasteiger partial charge is 0.0446 e. The summed E-state index contributed by atoms with van der Waals surface area (Å²) in [7, 11) is 4.37. The number of aryl methyl sites for hydroxylation is 2.